The molecule has 4 heteroatoms. The fraction of sp³-hybridized carbons (Fsp3) is 0.867. The van der Waals surface area contributed by atoms with Gasteiger partial charge < -0.3 is 9.84 Å². The minimum atomic E-state index is -0.670. The number of esters is 1. The van der Waals surface area contributed by atoms with Crippen LogP contribution in [0.1, 0.15) is 78.1 Å². The Kier molecular flexibility index (Phi) is 18.1. The van der Waals surface area contributed by atoms with Crippen molar-refractivity contribution in [1.29, 1.82) is 0 Å². The van der Waals surface area contributed by atoms with Crippen molar-refractivity contribution in [2.75, 3.05) is 7.11 Å². The highest BCUT2D eigenvalue weighted by molar-refractivity contribution is 5.68. The smallest absolute Gasteiger partial charge is 0.305 e. The maximum atomic E-state index is 10.5. The Bertz CT molecular complexity index is 214. The van der Waals surface area contributed by atoms with E-state index in [1.54, 1.807) is 0 Å². The van der Waals surface area contributed by atoms with Gasteiger partial charge in [-0.1, -0.05) is 52.4 Å². The average molecular weight is 274 g/mol. The third kappa shape index (κ3) is 22.6. The number of hydrogen-bond acceptors (Lipinski definition) is 3. The SMILES string of the molecule is CCCCCC(=O)OC.CCCCCCCC(=O)O. The molecule has 114 valence electrons. The lowest BCUT2D eigenvalue weighted by Gasteiger charge is -1.95. The summed E-state index contributed by atoms with van der Waals surface area (Å²) >= 11 is 0. The second-order valence-electron chi connectivity index (χ2n) is 4.59. The van der Waals surface area contributed by atoms with Crippen molar-refractivity contribution in [3.05, 3.63) is 0 Å². The van der Waals surface area contributed by atoms with Crippen LogP contribution < -0.4 is 0 Å². The number of ether oxygens (including phenoxy) is 1. The molecule has 0 aromatic rings. The third-order valence-electron chi connectivity index (χ3n) is 2.71. The van der Waals surface area contributed by atoms with Gasteiger partial charge in [0.2, 0.25) is 0 Å². The zero-order valence-electron chi connectivity index (χ0n) is 12.7. The number of aliphatic carboxylic acids is 1. The number of hydrogen-bond donors (Lipinski definition) is 1. The van der Waals surface area contributed by atoms with E-state index in [2.05, 4.69) is 18.6 Å². The molecule has 0 rings (SSSR count). The fourth-order valence-corrected chi connectivity index (χ4v) is 1.50. The molecule has 0 spiro atoms. The van der Waals surface area contributed by atoms with Crippen LogP contribution in [0.4, 0.5) is 0 Å². The van der Waals surface area contributed by atoms with Crippen molar-refractivity contribution >= 4 is 11.9 Å². The highest BCUT2D eigenvalue weighted by atomic mass is 16.5. The molecular weight excluding hydrogens is 244 g/mol. The van der Waals surface area contributed by atoms with Gasteiger partial charge in [-0.2, -0.15) is 0 Å². The number of methoxy groups -OCH3 is 1. The van der Waals surface area contributed by atoms with Crippen molar-refractivity contribution in [3.8, 4) is 0 Å². The van der Waals surface area contributed by atoms with Crippen LogP contribution in [0.3, 0.4) is 0 Å². The highest BCUT2D eigenvalue weighted by Gasteiger charge is 1.96. The third-order valence-corrected chi connectivity index (χ3v) is 2.71. The zero-order valence-corrected chi connectivity index (χ0v) is 12.7. The first-order chi connectivity index (χ1) is 9.08. The first-order valence-electron chi connectivity index (χ1n) is 7.37. The van der Waals surface area contributed by atoms with Crippen LogP contribution in [0.5, 0.6) is 0 Å². The minimum Gasteiger partial charge on any atom is -0.481 e. The van der Waals surface area contributed by atoms with Gasteiger partial charge in [-0.25, -0.2) is 0 Å². The van der Waals surface area contributed by atoms with Crippen LogP contribution in [-0.2, 0) is 14.3 Å². The van der Waals surface area contributed by atoms with E-state index in [9.17, 15) is 9.59 Å². The number of rotatable bonds is 10. The van der Waals surface area contributed by atoms with E-state index in [4.69, 9.17) is 5.11 Å². The van der Waals surface area contributed by atoms with Crippen molar-refractivity contribution in [2.24, 2.45) is 0 Å². The van der Waals surface area contributed by atoms with E-state index >= 15 is 0 Å². The van der Waals surface area contributed by atoms with E-state index in [0.29, 0.717) is 12.8 Å². The molecule has 0 bridgehead atoms. The second-order valence-corrected chi connectivity index (χ2v) is 4.59. The Morgan fingerprint density at radius 2 is 1.32 bits per heavy atom. The Morgan fingerprint density at radius 3 is 1.79 bits per heavy atom. The molecule has 0 saturated carbocycles. The molecule has 0 heterocycles. The Labute approximate surface area is 117 Å². The van der Waals surface area contributed by atoms with Crippen LogP contribution in [0, 0.1) is 0 Å². The molecular formula is C15H30O4. The fourth-order valence-electron chi connectivity index (χ4n) is 1.50. The maximum Gasteiger partial charge on any atom is 0.305 e. The number of carboxylic acid groups (broad SMARTS) is 1. The molecule has 0 unspecified atom stereocenters. The second kappa shape index (κ2) is 16.9. The number of unbranched alkanes of at least 4 members (excludes halogenated alkanes) is 6. The van der Waals surface area contributed by atoms with Gasteiger partial charge in [0.1, 0.15) is 0 Å². The first-order valence-corrected chi connectivity index (χ1v) is 7.37. The number of carbonyl (C=O) groups is 2. The van der Waals surface area contributed by atoms with Crippen molar-refractivity contribution in [2.45, 2.75) is 78.1 Å². The molecule has 0 aliphatic rings. The zero-order chi connectivity index (χ0) is 14.9. The molecule has 0 aromatic carbocycles. The number of carboxylic acids is 1. The molecule has 0 fully saturated rings. The number of carbonyl (C=O) groups excluding carboxylic acids is 1. The average Bonchev–Trinajstić information content (AvgIpc) is 2.39. The summed E-state index contributed by atoms with van der Waals surface area (Å²) in [5.41, 5.74) is 0. The summed E-state index contributed by atoms with van der Waals surface area (Å²) in [5, 5.41) is 8.27. The summed E-state index contributed by atoms with van der Waals surface area (Å²) < 4.78 is 4.46. The predicted octanol–water partition coefficient (Wildman–Crippen LogP) is 4.17. The quantitative estimate of drug-likeness (QED) is 0.479. The lowest BCUT2D eigenvalue weighted by Crippen LogP contribution is -1.98. The molecule has 4 nitrogen and oxygen atoms in total. The molecule has 0 radical (unpaired) electrons. The van der Waals surface area contributed by atoms with Gasteiger partial charge in [0, 0.05) is 12.8 Å². The summed E-state index contributed by atoms with van der Waals surface area (Å²) in [6.07, 6.45) is 9.69. The van der Waals surface area contributed by atoms with Gasteiger partial charge in [-0.3, -0.25) is 9.59 Å². The normalized spacial score (nSPS) is 9.42. The minimum absolute atomic E-state index is 0.0940. The van der Waals surface area contributed by atoms with E-state index in [1.807, 2.05) is 0 Å². The van der Waals surface area contributed by atoms with Crippen LogP contribution in [0.15, 0.2) is 0 Å². The monoisotopic (exact) mass is 274 g/mol. The van der Waals surface area contributed by atoms with Crippen LogP contribution in [0.25, 0.3) is 0 Å². The Morgan fingerprint density at radius 1 is 0.842 bits per heavy atom. The summed E-state index contributed by atoms with van der Waals surface area (Å²) in [6, 6.07) is 0. The van der Waals surface area contributed by atoms with Crippen molar-refractivity contribution in [3.63, 3.8) is 0 Å². The van der Waals surface area contributed by atoms with Crippen molar-refractivity contribution in [1.82, 2.24) is 0 Å². The van der Waals surface area contributed by atoms with Gasteiger partial charge in [0.15, 0.2) is 0 Å². The topological polar surface area (TPSA) is 63.6 Å². The summed E-state index contributed by atoms with van der Waals surface area (Å²) in [5.74, 6) is -0.764. The largest absolute Gasteiger partial charge is 0.481 e. The Balaban J connectivity index is 0. The van der Waals surface area contributed by atoms with Crippen LogP contribution in [-0.4, -0.2) is 24.2 Å². The van der Waals surface area contributed by atoms with E-state index in [1.165, 1.54) is 26.4 Å². The van der Waals surface area contributed by atoms with Gasteiger partial charge >= 0.3 is 11.9 Å². The summed E-state index contributed by atoms with van der Waals surface area (Å²) in [6.45, 7) is 4.26. The van der Waals surface area contributed by atoms with Gasteiger partial charge in [-0.05, 0) is 12.8 Å². The lowest BCUT2D eigenvalue weighted by atomic mass is 10.1. The van der Waals surface area contributed by atoms with Gasteiger partial charge in [0.25, 0.3) is 0 Å². The van der Waals surface area contributed by atoms with Gasteiger partial charge in [-0.15, -0.1) is 0 Å². The lowest BCUT2D eigenvalue weighted by molar-refractivity contribution is -0.140. The molecule has 0 aliphatic carbocycles. The molecule has 1 N–H and O–H groups in total. The summed E-state index contributed by atoms with van der Waals surface area (Å²) in [7, 11) is 1.42. The van der Waals surface area contributed by atoms with Crippen LogP contribution >= 0.6 is 0 Å². The molecule has 0 atom stereocenters. The van der Waals surface area contributed by atoms with E-state index in [-0.39, 0.29) is 5.97 Å². The van der Waals surface area contributed by atoms with E-state index < -0.39 is 5.97 Å². The Hall–Kier alpha value is -1.06. The molecule has 19 heavy (non-hydrogen) atoms. The van der Waals surface area contributed by atoms with Gasteiger partial charge in [0.05, 0.1) is 7.11 Å². The summed E-state index contributed by atoms with van der Waals surface area (Å²) in [4.78, 5) is 20.5. The molecule has 0 aromatic heterocycles. The predicted molar refractivity (Wildman–Crippen MR) is 77.2 cm³/mol. The maximum absolute atomic E-state index is 10.5. The molecule has 0 aliphatic heterocycles. The van der Waals surface area contributed by atoms with E-state index in [0.717, 1.165) is 32.1 Å². The molecule has 0 amide bonds. The van der Waals surface area contributed by atoms with Crippen LogP contribution in [0.2, 0.25) is 0 Å². The van der Waals surface area contributed by atoms with Crippen molar-refractivity contribution < 1.29 is 19.4 Å². The highest BCUT2D eigenvalue weighted by Crippen LogP contribution is 2.04. The standard InChI is InChI=1S/C8H16O2.C7H14O2/c1-2-3-4-5-6-7-8(9)10;1-3-4-5-6-7(8)9-2/h2-7H2,1H3,(H,9,10);3-6H2,1-2H3. The molecule has 0 saturated heterocycles. The first kappa shape index (κ1) is 20.3.